The van der Waals surface area contributed by atoms with Crippen LogP contribution in [0.1, 0.15) is 36.2 Å². The maximum Gasteiger partial charge on any atom is 0.196 e. The van der Waals surface area contributed by atoms with Crippen LogP contribution in [0.25, 0.3) is 22.2 Å². The number of carbonyl (C=O) groups excluding carboxylic acids is 1. The Morgan fingerprint density at radius 3 is 2.45 bits per heavy atom. The maximum atomic E-state index is 13.7. The number of hydrogen-bond acceptors (Lipinski definition) is 5. The Morgan fingerprint density at radius 1 is 1.03 bits per heavy atom. The number of nitrogens with one attached hydrogen (secondary N) is 1. The van der Waals surface area contributed by atoms with Crippen LogP contribution in [0.4, 0.5) is 21.5 Å². The first-order valence-corrected chi connectivity index (χ1v) is 11.4. The number of nitrogens with zero attached hydrogens (tertiary/aromatic N) is 2. The molecule has 1 aliphatic carbocycles. The second-order valence-corrected chi connectivity index (χ2v) is 9.41. The molecule has 5 nitrogen and oxygen atoms in total. The highest BCUT2D eigenvalue weighted by Gasteiger charge is 2.34. The summed E-state index contributed by atoms with van der Waals surface area (Å²) in [4.78, 5) is 16.0. The van der Waals surface area contributed by atoms with Crippen LogP contribution in [0.5, 0.6) is 0 Å². The molecule has 1 aromatic heterocycles. The fourth-order valence-corrected chi connectivity index (χ4v) is 5.43. The van der Waals surface area contributed by atoms with Crippen LogP contribution in [0.15, 0.2) is 59.1 Å². The molecule has 4 aromatic rings. The Labute approximate surface area is 191 Å². The zero-order chi connectivity index (χ0) is 22.7. The molecule has 1 fully saturated rings. The number of halogens is 1. The standard InChI is InChI=1S/C27H24FN3O2/c1-15-11-16(2)14-31(13-15)22-12-21(29-18-9-7-17(28)8-10-18)23-24-25(22)30-33-27(24)20-6-4-3-5-19(20)26(23)32/h3-10,12,15-16,29H,11,13-14H2,1-2H3. The molecule has 1 saturated heterocycles. The molecule has 0 radical (unpaired) electrons. The van der Waals surface area contributed by atoms with E-state index in [1.165, 1.54) is 18.6 Å². The summed E-state index contributed by atoms with van der Waals surface area (Å²) in [5.74, 6) is 1.36. The topological polar surface area (TPSA) is 58.4 Å². The molecule has 33 heavy (non-hydrogen) atoms. The van der Waals surface area contributed by atoms with Gasteiger partial charge in [-0.2, -0.15) is 0 Å². The van der Waals surface area contributed by atoms with Crippen molar-refractivity contribution in [1.82, 2.24) is 5.16 Å². The number of rotatable bonds is 3. The van der Waals surface area contributed by atoms with Crippen molar-refractivity contribution in [2.75, 3.05) is 23.3 Å². The third kappa shape index (κ3) is 3.20. The molecule has 2 aliphatic rings. The van der Waals surface area contributed by atoms with Crippen molar-refractivity contribution in [1.29, 1.82) is 0 Å². The van der Waals surface area contributed by atoms with Crippen molar-refractivity contribution < 1.29 is 13.7 Å². The van der Waals surface area contributed by atoms with E-state index in [9.17, 15) is 9.18 Å². The van der Waals surface area contributed by atoms with Gasteiger partial charge < -0.3 is 14.7 Å². The smallest absolute Gasteiger partial charge is 0.196 e. The monoisotopic (exact) mass is 441 g/mol. The van der Waals surface area contributed by atoms with Gasteiger partial charge in [0.05, 0.1) is 22.3 Å². The van der Waals surface area contributed by atoms with Gasteiger partial charge in [-0.25, -0.2) is 4.39 Å². The molecule has 0 bridgehead atoms. The second kappa shape index (κ2) is 7.44. The molecule has 2 unspecified atom stereocenters. The fraction of sp³-hybridized carbons (Fsp3) is 0.259. The van der Waals surface area contributed by atoms with Crippen LogP contribution in [-0.4, -0.2) is 24.0 Å². The van der Waals surface area contributed by atoms with Crippen molar-refractivity contribution >= 4 is 33.7 Å². The van der Waals surface area contributed by atoms with Gasteiger partial charge in [0.15, 0.2) is 11.5 Å². The lowest BCUT2D eigenvalue weighted by Crippen LogP contribution is -2.39. The number of hydrogen-bond donors (Lipinski definition) is 1. The van der Waals surface area contributed by atoms with Gasteiger partial charge in [-0.3, -0.25) is 4.79 Å². The van der Waals surface area contributed by atoms with E-state index >= 15 is 0 Å². The van der Waals surface area contributed by atoms with Gasteiger partial charge in [-0.05, 0) is 48.6 Å². The SMILES string of the molecule is CC1CC(C)CN(c2cc(Nc3ccc(F)cc3)c3c4c(onc24)-c2ccccc2C3=O)C1. The highest BCUT2D eigenvalue weighted by atomic mass is 19.1. The Hall–Kier alpha value is -3.67. The molecule has 2 atom stereocenters. The lowest BCUT2D eigenvalue weighted by atomic mass is 9.85. The molecule has 3 aromatic carbocycles. The Balaban J connectivity index is 1.60. The number of fused-ring (bicyclic) bond motifs is 2. The average molecular weight is 442 g/mol. The highest BCUT2D eigenvalue weighted by Crippen LogP contribution is 2.47. The fourth-order valence-electron chi connectivity index (χ4n) is 5.43. The van der Waals surface area contributed by atoms with E-state index in [1.54, 1.807) is 12.1 Å². The number of aromatic nitrogens is 1. The molecule has 1 N–H and O–H groups in total. The third-order valence-electron chi connectivity index (χ3n) is 6.71. The number of anilines is 3. The minimum Gasteiger partial charge on any atom is -0.369 e. The first-order valence-electron chi connectivity index (χ1n) is 11.4. The van der Waals surface area contributed by atoms with Crippen molar-refractivity contribution in [2.24, 2.45) is 11.8 Å². The lowest BCUT2D eigenvalue weighted by molar-refractivity contribution is 0.104. The van der Waals surface area contributed by atoms with Gasteiger partial charge in [0, 0.05) is 29.9 Å². The van der Waals surface area contributed by atoms with Crippen LogP contribution >= 0.6 is 0 Å². The van der Waals surface area contributed by atoms with E-state index in [-0.39, 0.29) is 11.6 Å². The van der Waals surface area contributed by atoms with Crippen LogP contribution < -0.4 is 10.2 Å². The number of piperidine rings is 1. The molecule has 2 heterocycles. The average Bonchev–Trinajstić information content (AvgIpc) is 3.24. The Morgan fingerprint density at radius 2 is 1.73 bits per heavy atom. The van der Waals surface area contributed by atoms with Gasteiger partial charge in [0.1, 0.15) is 11.3 Å². The van der Waals surface area contributed by atoms with Crippen LogP contribution in [0.2, 0.25) is 0 Å². The minimum absolute atomic E-state index is 0.0668. The maximum absolute atomic E-state index is 13.7. The quantitative estimate of drug-likeness (QED) is 0.351. The van der Waals surface area contributed by atoms with Crippen molar-refractivity contribution in [3.8, 4) is 11.3 Å². The van der Waals surface area contributed by atoms with Crippen molar-refractivity contribution in [2.45, 2.75) is 20.3 Å². The third-order valence-corrected chi connectivity index (χ3v) is 6.71. The number of ketones is 1. The predicted octanol–water partition coefficient (Wildman–Crippen LogP) is 6.40. The zero-order valence-electron chi connectivity index (χ0n) is 18.6. The summed E-state index contributed by atoms with van der Waals surface area (Å²) in [6.45, 7) is 6.37. The van der Waals surface area contributed by atoms with Crippen LogP contribution in [-0.2, 0) is 0 Å². The molecular formula is C27H24FN3O2. The van der Waals surface area contributed by atoms with Gasteiger partial charge in [-0.15, -0.1) is 0 Å². The van der Waals surface area contributed by atoms with Gasteiger partial charge in [0.25, 0.3) is 0 Å². The summed E-state index contributed by atoms with van der Waals surface area (Å²) >= 11 is 0. The van der Waals surface area contributed by atoms with E-state index in [0.717, 1.165) is 29.7 Å². The first-order chi connectivity index (χ1) is 16.0. The van der Waals surface area contributed by atoms with E-state index in [4.69, 9.17) is 4.52 Å². The minimum atomic E-state index is -0.305. The van der Waals surface area contributed by atoms with Crippen molar-refractivity contribution in [3.63, 3.8) is 0 Å². The molecule has 1 aliphatic heterocycles. The zero-order valence-corrected chi connectivity index (χ0v) is 18.6. The van der Waals surface area contributed by atoms with E-state index < -0.39 is 0 Å². The van der Waals surface area contributed by atoms with Gasteiger partial charge in [-0.1, -0.05) is 43.3 Å². The largest absolute Gasteiger partial charge is 0.369 e. The summed E-state index contributed by atoms with van der Waals surface area (Å²) < 4.78 is 19.4. The molecule has 6 rings (SSSR count). The molecular weight excluding hydrogens is 417 g/mol. The second-order valence-electron chi connectivity index (χ2n) is 9.41. The first kappa shape index (κ1) is 20.0. The lowest BCUT2D eigenvalue weighted by Gasteiger charge is -2.37. The summed E-state index contributed by atoms with van der Waals surface area (Å²) in [5, 5.41) is 8.58. The van der Waals surface area contributed by atoms with Crippen molar-refractivity contribution in [3.05, 3.63) is 71.5 Å². The van der Waals surface area contributed by atoms with Gasteiger partial charge >= 0.3 is 0 Å². The molecule has 0 saturated carbocycles. The Bertz CT molecular complexity index is 1380. The van der Waals surface area contributed by atoms with Gasteiger partial charge in [0.2, 0.25) is 0 Å². The summed E-state index contributed by atoms with van der Waals surface area (Å²) in [7, 11) is 0. The molecule has 166 valence electrons. The Kier molecular flexibility index (Phi) is 4.50. The van der Waals surface area contributed by atoms with Crippen LogP contribution in [0, 0.1) is 17.7 Å². The predicted molar refractivity (Wildman–Crippen MR) is 128 cm³/mol. The van der Waals surface area contributed by atoms with E-state index in [2.05, 4.69) is 29.2 Å². The molecule has 6 heteroatoms. The van der Waals surface area contributed by atoms with Crippen LogP contribution in [0.3, 0.4) is 0 Å². The van der Waals surface area contributed by atoms with E-state index in [0.29, 0.717) is 45.6 Å². The summed E-state index contributed by atoms with van der Waals surface area (Å²) in [5.41, 5.74) is 4.97. The summed E-state index contributed by atoms with van der Waals surface area (Å²) in [6.07, 6.45) is 1.19. The molecule has 0 spiro atoms. The number of carbonyl (C=O) groups is 1. The summed E-state index contributed by atoms with van der Waals surface area (Å²) in [6, 6.07) is 15.6. The highest BCUT2D eigenvalue weighted by molar-refractivity contribution is 6.28. The van der Waals surface area contributed by atoms with E-state index in [1.807, 2.05) is 30.3 Å². The number of benzene rings is 3. The normalized spacial score (nSPS) is 19.6. The molecule has 0 amide bonds.